The molecule has 32 heavy (non-hydrogen) atoms. The molecule has 0 aliphatic rings. The van der Waals surface area contributed by atoms with Crippen LogP contribution in [0, 0.1) is 11.8 Å². The summed E-state index contributed by atoms with van der Waals surface area (Å²) in [6.07, 6.45) is 3.22. The van der Waals surface area contributed by atoms with E-state index in [0.29, 0.717) is 5.69 Å². The molecule has 0 aliphatic carbocycles. The molecule has 11 nitrogen and oxygen atoms in total. The second-order valence-corrected chi connectivity index (χ2v) is 8.76. The summed E-state index contributed by atoms with van der Waals surface area (Å²) < 4.78 is 0. The number of nitrogens with zero attached hydrogens (tertiary/aromatic N) is 1. The number of aromatic nitrogens is 2. The Morgan fingerprint density at radius 3 is 2.16 bits per heavy atom. The molecule has 0 fully saturated rings. The lowest BCUT2D eigenvalue weighted by atomic mass is 10.0. The van der Waals surface area contributed by atoms with Gasteiger partial charge in [-0.1, -0.05) is 27.7 Å². The van der Waals surface area contributed by atoms with Crippen LogP contribution >= 0.6 is 12.6 Å². The number of hydrogen-bond acceptors (Lipinski definition) is 7. The number of hydrogen-bond donors (Lipinski definition) is 7. The van der Waals surface area contributed by atoms with E-state index in [1.165, 1.54) is 12.5 Å². The standard InChI is InChI=1S/C20H34N6O5S/c1-10(2)5-15(20(30)31)25-18(28)14(6-12-7-22-9-23-12)24-19(29)16(11(3)4)26-17(27)13(21)8-32/h7,9-11,13-16,32H,5-6,8,21H2,1-4H3,(H,22,23)(H,24,29)(H,25,28)(H,26,27)(H,30,31). The first-order valence-corrected chi connectivity index (χ1v) is 11.1. The van der Waals surface area contributed by atoms with Crippen molar-refractivity contribution < 1.29 is 24.3 Å². The van der Waals surface area contributed by atoms with E-state index >= 15 is 0 Å². The van der Waals surface area contributed by atoms with E-state index < -0.39 is 47.9 Å². The van der Waals surface area contributed by atoms with Gasteiger partial charge in [-0.15, -0.1) is 0 Å². The van der Waals surface area contributed by atoms with E-state index in [0.717, 1.165) is 0 Å². The van der Waals surface area contributed by atoms with Gasteiger partial charge in [0.15, 0.2) is 0 Å². The normalized spacial score (nSPS) is 15.0. The minimum Gasteiger partial charge on any atom is -0.480 e. The van der Waals surface area contributed by atoms with E-state index in [4.69, 9.17) is 5.73 Å². The molecule has 1 aromatic rings. The average molecular weight is 471 g/mol. The number of nitrogens with two attached hydrogens (primary N) is 1. The molecule has 7 N–H and O–H groups in total. The molecule has 0 spiro atoms. The van der Waals surface area contributed by atoms with E-state index in [1.54, 1.807) is 13.8 Å². The smallest absolute Gasteiger partial charge is 0.326 e. The van der Waals surface area contributed by atoms with E-state index in [2.05, 4.69) is 38.5 Å². The molecule has 1 rings (SSSR count). The Hall–Kier alpha value is -2.60. The van der Waals surface area contributed by atoms with Crippen molar-refractivity contribution in [2.45, 2.75) is 64.7 Å². The second-order valence-electron chi connectivity index (χ2n) is 8.39. The van der Waals surface area contributed by atoms with Crippen molar-refractivity contribution in [1.82, 2.24) is 25.9 Å². The Balaban J connectivity index is 3.03. The molecule has 0 saturated heterocycles. The molecule has 4 unspecified atom stereocenters. The predicted molar refractivity (Wildman–Crippen MR) is 122 cm³/mol. The van der Waals surface area contributed by atoms with Crippen LogP contribution in [0.5, 0.6) is 0 Å². The molecule has 3 amide bonds. The van der Waals surface area contributed by atoms with Gasteiger partial charge in [0.2, 0.25) is 17.7 Å². The van der Waals surface area contributed by atoms with Gasteiger partial charge in [-0.2, -0.15) is 12.6 Å². The van der Waals surface area contributed by atoms with Crippen LogP contribution in [-0.4, -0.2) is 68.7 Å². The number of carbonyl (C=O) groups excluding carboxylic acids is 3. The molecule has 180 valence electrons. The minimum atomic E-state index is -1.16. The highest BCUT2D eigenvalue weighted by molar-refractivity contribution is 7.80. The maximum Gasteiger partial charge on any atom is 0.326 e. The zero-order valence-corrected chi connectivity index (χ0v) is 19.7. The molecule has 1 heterocycles. The number of thiol groups is 1. The molecule has 0 bridgehead atoms. The predicted octanol–water partition coefficient (Wildman–Crippen LogP) is -0.550. The summed E-state index contributed by atoms with van der Waals surface area (Å²) in [5, 5.41) is 17.2. The zero-order chi connectivity index (χ0) is 24.4. The number of nitrogens with one attached hydrogen (secondary N) is 4. The number of H-pyrrole nitrogens is 1. The van der Waals surface area contributed by atoms with Crippen LogP contribution < -0.4 is 21.7 Å². The van der Waals surface area contributed by atoms with Gasteiger partial charge in [0.1, 0.15) is 18.1 Å². The largest absolute Gasteiger partial charge is 0.480 e. The Morgan fingerprint density at radius 2 is 1.69 bits per heavy atom. The maximum atomic E-state index is 13.0. The van der Waals surface area contributed by atoms with Crippen LogP contribution in [-0.2, 0) is 25.6 Å². The molecular formula is C20H34N6O5S. The van der Waals surface area contributed by atoms with Crippen molar-refractivity contribution in [2.75, 3.05) is 5.75 Å². The van der Waals surface area contributed by atoms with Crippen molar-refractivity contribution >= 4 is 36.3 Å². The van der Waals surface area contributed by atoms with E-state index in [-0.39, 0.29) is 30.4 Å². The first-order valence-electron chi connectivity index (χ1n) is 10.4. The highest BCUT2D eigenvalue weighted by atomic mass is 32.1. The summed E-state index contributed by atoms with van der Waals surface area (Å²) in [6.45, 7) is 7.17. The van der Waals surface area contributed by atoms with Crippen molar-refractivity contribution in [1.29, 1.82) is 0 Å². The lowest BCUT2D eigenvalue weighted by Crippen LogP contribution is -2.59. The quantitative estimate of drug-likeness (QED) is 0.189. The molecule has 0 saturated carbocycles. The summed E-state index contributed by atoms with van der Waals surface area (Å²) >= 11 is 3.99. The van der Waals surface area contributed by atoms with Crippen molar-refractivity contribution in [2.24, 2.45) is 17.6 Å². The van der Waals surface area contributed by atoms with Crippen LogP contribution in [0.4, 0.5) is 0 Å². The van der Waals surface area contributed by atoms with Gasteiger partial charge in [-0.05, 0) is 18.3 Å². The van der Waals surface area contributed by atoms with Crippen LogP contribution in [0.1, 0.15) is 39.8 Å². The highest BCUT2D eigenvalue weighted by Crippen LogP contribution is 2.08. The van der Waals surface area contributed by atoms with Crippen LogP contribution in [0.3, 0.4) is 0 Å². The van der Waals surface area contributed by atoms with Gasteiger partial charge in [0.25, 0.3) is 0 Å². The SMILES string of the molecule is CC(C)CC(NC(=O)C(Cc1cnc[nH]1)NC(=O)C(NC(=O)C(N)CS)C(C)C)C(=O)O. The van der Waals surface area contributed by atoms with Gasteiger partial charge >= 0.3 is 5.97 Å². The fourth-order valence-electron chi connectivity index (χ4n) is 2.93. The summed E-state index contributed by atoms with van der Waals surface area (Å²) in [7, 11) is 0. The molecule has 4 atom stereocenters. The van der Waals surface area contributed by atoms with Crippen molar-refractivity contribution in [3.8, 4) is 0 Å². The van der Waals surface area contributed by atoms with Gasteiger partial charge in [-0.3, -0.25) is 14.4 Å². The number of aromatic amines is 1. The second kappa shape index (κ2) is 13.1. The summed E-state index contributed by atoms with van der Waals surface area (Å²) in [5.74, 6) is -3.09. The number of rotatable bonds is 13. The number of carbonyl (C=O) groups is 4. The van der Waals surface area contributed by atoms with Gasteiger partial charge < -0.3 is 31.8 Å². The molecule has 0 aliphatic heterocycles. The molecule has 0 radical (unpaired) electrons. The van der Waals surface area contributed by atoms with Gasteiger partial charge in [-0.25, -0.2) is 9.78 Å². The Kier molecular flexibility index (Phi) is 11.2. The summed E-state index contributed by atoms with van der Waals surface area (Å²) in [5.41, 5.74) is 6.25. The zero-order valence-electron chi connectivity index (χ0n) is 18.8. The molecule has 1 aromatic heterocycles. The van der Waals surface area contributed by atoms with E-state index in [1.807, 2.05) is 13.8 Å². The van der Waals surface area contributed by atoms with Crippen molar-refractivity contribution in [3.05, 3.63) is 18.2 Å². The van der Waals surface area contributed by atoms with Crippen LogP contribution in [0.2, 0.25) is 0 Å². The third kappa shape index (κ3) is 8.87. The number of carboxylic acids is 1. The molecule has 0 aromatic carbocycles. The summed E-state index contributed by atoms with van der Waals surface area (Å²) in [4.78, 5) is 56.4. The average Bonchev–Trinajstić information content (AvgIpc) is 3.22. The van der Waals surface area contributed by atoms with Crippen LogP contribution in [0.15, 0.2) is 12.5 Å². The lowest BCUT2D eigenvalue weighted by molar-refractivity contribution is -0.142. The van der Waals surface area contributed by atoms with Crippen molar-refractivity contribution in [3.63, 3.8) is 0 Å². The first kappa shape index (κ1) is 27.4. The van der Waals surface area contributed by atoms with Crippen LogP contribution in [0.25, 0.3) is 0 Å². The molecular weight excluding hydrogens is 436 g/mol. The Bertz CT molecular complexity index is 771. The summed E-state index contributed by atoms with van der Waals surface area (Å²) in [6, 6.07) is -4.02. The third-order valence-corrected chi connectivity index (χ3v) is 5.11. The molecule has 12 heteroatoms. The first-order chi connectivity index (χ1) is 15.0. The highest BCUT2D eigenvalue weighted by Gasteiger charge is 2.32. The van der Waals surface area contributed by atoms with E-state index in [9.17, 15) is 24.3 Å². The topological polar surface area (TPSA) is 179 Å². The lowest BCUT2D eigenvalue weighted by Gasteiger charge is -2.27. The number of carboxylic acid groups (broad SMARTS) is 1. The fraction of sp³-hybridized carbons (Fsp3) is 0.650. The number of amides is 3. The fourth-order valence-corrected chi connectivity index (χ4v) is 3.10. The Morgan fingerprint density at radius 1 is 1.06 bits per heavy atom. The number of aliphatic carboxylic acids is 1. The Labute approximate surface area is 193 Å². The number of imidazole rings is 1. The third-order valence-electron chi connectivity index (χ3n) is 4.71. The minimum absolute atomic E-state index is 0.0358. The monoisotopic (exact) mass is 470 g/mol. The van der Waals surface area contributed by atoms with Gasteiger partial charge in [0, 0.05) is 24.1 Å². The van der Waals surface area contributed by atoms with Gasteiger partial charge in [0.05, 0.1) is 12.4 Å². The maximum absolute atomic E-state index is 13.0.